The molecule has 1 aliphatic carbocycles. The van der Waals surface area contributed by atoms with E-state index >= 15 is 0 Å². The lowest BCUT2D eigenvalue weighted by atomic mass is 10.1. The highest BCUT2D eigenvalue weighted by Gasteiger charge is 2.50. The lowest BCUT2D eigenvalue weighted by molar-refractivity contribution is 0.108. The Morgan fingerprint density at radius 3 is 2.75 bits per heavy atom. The summed E-state index contributed by atoms with van der Waals surface area (Å²) in [6.45, 7) is 2.39. The van der Waals surface area contributed by atoms with E-state index in [0.29, 0.717) is 5.92 Å². The number of hydrogen-bond acceptors (Lipinski definition) is 2. The fourth-order valence-corrected chi connectivity index (χ4v) is 1.88. The fourth-order valence-electron chi connectivity index (χ4n) is 1.88. The molecular formula is C10H20O2. The standard InChI is InChI=1S/C10H20O2/c1-2-3-5-9-8-10(9,12)6-4-7-11/h9,11-12H,2-8H2,1H3. The number of hydrogen-bond donors (Lipinski definition) is 2. The molecule has 0 heterocycles. The van der Waals surface area contributed by atoms with Crippen molar-refractivity contribution in [2.24, 2.45) is 5.92 Å². The maximum absolute atomic E-state index is 9.84. The minimum absolute atomic E-state index is 0.211. The van der Waals surface area contributed by atoms with Crippen LogP contribution in [-0.2, 0) is 0 Å². The Morgan fingerprint density at radius 1 is 1.42 bits per heavy atom. The third-order valence-electron chi connectivity index (χ3n) is 2.87. The van der Waals surface area contributed by atoms with Crippen molar-refractivity contribution >= 4 is 0 Å². The highest BCUT2D eigenvalue weighted by atomic mass is 16.3. The fraction of sp³-hybridized carbons (Fsp3) is 1.00. The smallest absolute Gasteiger partial charge is 0.0681 e. The summed E-state index contributed by atoms with van der Waals surface area (Å²) in [6.07, 6.45) is 6.11. The predicted octanol–water partition coefficient (Wildman–Crippen LogP) is 1.70. The van der Waals surface area contributed by atoms with Crippen LogP contribution in [-0.4, -0.2) is 22.4 Å². The van der Waals surface area contributed by atoms with Crippen molar-refractivity contribution in [3.05, 3.63) is 0 Å². The maximum atomic E-state index is 9.84. The Bertz CT molecular complexity index is 136. The summed E-state index contributed by atoms with van der Waals surface area (Å²) in [5, 5.41) is 18.4. The van der Waals surface area contributed by atoms with E-state index in [1.165, 1.54) is 19.3 Å². The summed E-state index contributed by atoms with van der Waals surface area (Å²) >= 11 is 0. The van der Waals surface area contributed by atoms with E-state index in [-0.39, 0.29) is 6.61 Å². The first-order chi connectivity index (χ1) is 5.73. The zero-order valence-corrected chi connectivity index (χ0v) is 7.92. The topological polar surface area (TPSA) is 40.5 Å². The van der Waals surface area contributed by atoms with Gasteiger partial charge in [0.25, 0.3) is 0 Å². The molecule has 0 aromatic rings. The molecule has 0 aliphatic heterocycles. The average molecular weight is 172 g/mol. The van der Waals surface area contributed by atoms with Gasteiger partial charge in [0.15, 0.2) is 0 Å². The largest absolute Gasteiger partial charge is 0.396 e. The molecule has 0 bridgehead atoms. The molecule has 2 heteroatoms. The molecule has 0 aromatic heterocycles. The lowest BCUT2D eigenvalue weighted by Crippen LogP contribution is -2.11. The van der Waals surface area contributed by atoms with Crippen LogP contribution >= 0.6 is 0 Å². The van der Waals surface area contributed by atoms with Gasteiger partial charge in [0.2, 0.25) is 0 Å². The van der Waals surface area contributed by atoms with Gasteiger partial charge in [-0.15, -0.1) is 0 Å². The van der Waals surface area contributed by atoms with Crippen LogP contribution in [0.1, 0.15) is 45.4 Å². The third kappa shape index (κ3) is 2.46. The van der Waals surface area contributed by atoms with Crippen molar-refractivity contribution in [1.82, 2.24) is 0 Å². The zero-order chi connectivity index (χ0) is 9.03. The Hall–Kier alpha value is -0.0800. The van der Waals surface area contributed by atoms with Crippen LogP contribution in [0.5, 0.6) is 0 Å². The molecule has 0 saturated heterocycles. The van der Waals surface area contributed by atoms with Crippen molar-refractivity contribution in [1.29, 1.82) is 0 Å². The number of rotatable bonds is 6. The summed E-state index contributed by atoms with van der Waals surface area (Å²) in [5.74, 6) is 0.531. The second kappa shape index (κ2) is 4.24. The Morgan fingerprint density at radius 2 is 2.17 bits per heavy atom. The van der Waals surface area contributed by atoms with E-state index in [2.05, 4.69) is 6.92 Å². The van der Waals surface area contributed by atoms with Crippen LogP contribution in [0.25, 0.3) is 0 Å². The maximum Gasteiger partial charge on any atom is 0.0681 e. The van der Waals surface area contributed by atoms with Crippen molar-refractivity contribution < 1.29 is 10.2 Å². The molecule has 1 aliphatic rings. The second-order valence-corrected chi connectivity index (χ2v) is 3.97. The van der Waals surface area contributed by atoms with Crippen LogP contribution in [0.3, 0.4) is 0 Å². The van der Waals surface area contributed by atoms with Gasteiger partial charge in [-0.05, 0) is 31.6 Å². The van der Waals surface area contributed by atoms with Crippen LogP contribution < -0.4 is 0 Å². The molecule has 2 unspecified atom stereocenters. The first-order valence-corrected chi connectivity index (χ1v) is 5.06. The van der Waals surface area contributed by atoms with Crippen LogP contribution in [0.15, 0.2) is 0 Å². The summed E-state index contributed by atoms with van der Waals surface area (Å²) in [6, 6.07) is 0. The number of aliphatic hydroxyl groups excluding tert-OH is 1. The van der Waals surface area contributed by atoms with Crippen LogP contribution in [0.2, 0.25) is 0 Å². The SMILES string of the molecule is CCCCC1CC1(O)CCCO. The van der Waals surface area contributed by atoms with Gasteiger partial charge in [0.05, 0.1) is 5.60 Å². The first-order valence-electron chi connectivity index (χ1n) is 5.06. The molecule has 1 saturated carbocycles. The predicted molar refractivity (Wildman–Crippen MR) is 48.9 cm³/mol. The first kappa shape index (κ1) is 10.0. The van der Waals surface area contributed by atoms with Crippen molar-refractivity contribution in [3.63, 3.8) is 0 Å². The third-order valence-corrected chi connectivity index (χ3v) is 2.87. The van der Waals surface area contributed by atoms with E-state index in [0.717, 1.165) is 19.3 Å². The number of aliphatic hydroxyl groups is 2. The molecule has 0 aromatic carbocycles. The van der Waals surface area contributed by atoms with Gasteiger partial charge in [0, 0.05) is 6.61 Å². The monoisotopic (exact) mass is 172 g/mol. The minimum Gasteiger partial charge on any atom is -0.396 e. The van der Waals surface area contributed by atoms with Crippen LogP contribution in [0, 0.1) is 5.92 Å². The molecule has 0 radical (unpaired) electrons. The quantitative estimate of drug-likeness (QED) is 0.640. The van der Waals surface area contributed by atoms with E-state index in [4.69, 9.17) is 5.11 Å². The molecule has 2 atom stereocenters. The summed E-state index contributed by atoms with van der Waals surface area (Å²) in [4.78, 5) is 0. The molecule has 12 heavy (non-hydrogen) atoms. The van der Waals surface area contributed by atoms with Gasteiger partial charge in [-0.25, -0.2) is 0 Å². The van der Waals surface area contributed by atoms with E-state index in [9.17, 15) is 5.11 Å². The van der Waals surface area contributed by atoms with Crippen molar-refractivity contribution in [2.45, 2.75) is 51.0 Å². The van der Waals surface area contributed by atoms with Crippen molar-refractivity contribution in [2.75, 3.05) is 6.61 Å². The molecule has 1 fully saturated rings. The summed E-state index contributed by atoms with van der Waals surface area (Å²) < 4.78 is 0. The molecule has 2 N–H and O–H groups in total. The van der Waals surface area contributed by atoms with Gasteiger partial charge in [0.1, 0.15) is 0 Å². The molecule has 0 amide bonds. The minimum atomic E-state index is -0.391. The Kier molecular flexibility index (Phi) is 3.53. The van der Waals surface area contributed by atoms with Gasteiger partial charge in [-0.2, -0.15) is 0 Å². The van der Waals surface area contributed by atoms with Crippen LogP contribution in [0.4, 0.5) is 0 Å². The van der Waals surface area contributed by atoms with Gasteiger partial charge in [-0.3, -0.25) is 0 Å². The zero-order valence-electron chi connectivity index (χ0n) is 7.92. The number of unbranched alkanes of at least 4 members (excludes halogenated alkanes) is 1. The average Bonchev–Trinajstić information content (AvgIpc) is 2.71. The Labute approximate surface area is 74.6 Å². The highest BCUT2D eigenvalue weighted by molar-refractivity contribution is 5.02. The summed E-state index contributed by atoms with van der Waals surface area (Å²) in [5.41, 5.74) is -0.391. The molecule has 2 nitrogen and oxygen atoms in total. The van der Waals surface area contributed by atoms with Crippen molar-refractivity contribution in [3.8, 4) is 0 Å². The Balaban J connectivity index is 2.10. The normalized spacial score (nSPS) is 33.8. The van der Waals surface area contributed by atoms with Gasteiger partial charge >= 0.3 is 0 Å². The van der Waals surface area contributed by atoms with Gasteiger partial charge < -0.3 is 10.2 Å². The van der Waals surface area contributed by atoms with E-state index < -0.39 is 5.60 Å². The summed E-state index contributed by atoms with van der Waals surface area (Å²) in [7, 11) is 0. The van der Waals surface area contributed by atoms with E-state index in [1.807, 2.05) is 0 Å². The molecule has 72 valence electrons. The molecular weight excluding hydrogens is 152 g/mol. The second-order valence-electron chi connectivity index (χ2n) is 3.97. The lowest BCUT2D eigenvalue weighted by Gasteiger charge is -2.08. The molecule has 1 rings (SSSR count). The van der Waals surface area contributed by atoms with E-state index in [1.54, 1.807) is 0 Å². The van der Waals surface area contributed by atoms with Gasteiger partial charge in [-0.1, -0.05) is 19.8 Å². The highest BCUT2D eigenvalue weighted by Crippen LogP contribution is 2.49. The molecule has 0 spiro atoms.